The Kier molecular flexibility index (Phi) is 5.99. The second-order valence-corrected chi connectivity index (χ2v) is 6.36. The number of hydrogen-bond acceptors (Lipinski definition) is 5. The molecule has 0 unspecified atom stereocenters. The highest BCUT2D eigenvalue weighted by molar-refractivity contribution is 6.34. The molecule has 1 saturated heterocycles. The Balaban J connectivity index is 2.06. The number of alkyl halides is 2. The molecular formula is C15H14Cl2F3N3O4. The Morgan fingerprint density at radius 2 is 2.04 bits per heavy atom. The van der Waals surface area contributed by atoms with Crippen molar-refractivity contribution in [3.8, 4) is 17.3 Å². The maximum absolute atomic E-state index is 14.7. The quantitative estimate of drug-likeness (QED) is 0.708. The lowest BCUT2D eigenvalue weighted by Gasteiger charge is -2.15. The lowest BCUT2D eigenvalue weighted by atomic mass is 10.2. The molecule has 1 aliphatic rings. The molecule has 0 amide bonds. The molecule has 0 aliphatic carbocycles. The van der Waals surface area contributed by atoms with Crippen LogP contribution in [-0.2, 0) is 23.1 Å². The zero-order valence-electron chi connectivity index (χ0n) is 13.9. The second kappa shape index (κ2) is 8.09. The number of halogens is 5. The van der Waals surface area contributed by atoms with Gasteiger partial charge in [-0.3, -0.25) is 4.79 Å². The van der Waals surface area contributed by atoms with Crippen LogP contribution in [0.1, 0.15) is 6.42 Å². The van der Waals surface area contributed by atoms with Crippen molar-refractivity contribution >= 4 is 23.2 Å². The Hall–Kier alpha value is -1.75. The smallest absolute Gasteiger partial charge is 0.388 e. The normalized spacial score (nSPS) is 15.1. The summed E-state index contributed by atoms with van der Waals surface area (Å²) in [7, 11) is 1.30. The molecule has 2 aromatic rings. The van der Waals surface area contributed by atoms with E-state index in [1.165, 1.54) is 7.05 Å². The first-order valence-electron chi connectivity index (χ1n) is 7.79. The molecule has 0 bridgehead atoms. The van der Waals surface area contributed by atoms with Crippen molar-refractivity contribution in [3.05, 3.63) is 32.3 Å². The van der Waals surface area contributed by atoms with Crippen LogP contribution in [0.5, 0.6) is 5.88 Å². The first-order chi connectivity index (χ1) is 12.8. The summed E-state index contributed by atoms with van der Waals surface area (Å²) in [5, 5.41) is 3.22. The molecule has 7 nitrogen and oxygen atoms in total. The van der Waals surface area contributed by atoms with Gasteiger partial charge in [0.05, 0.1) is 13.2 Å². The van der Waals surface area contributed by atoms with Crippen molar-refractivity contribution in [1.29, 1.82) is 0 Å². The van der Waals surface area contributed by atoms with Crippen LogP contribution in [0.2, 0.25) is 10.0 Å². The Morgan fingerprint density at radius 1 is 1.37 bits per heavy atom. The largest absolute Gasteiger partial charge is 0.416 e. The topological polar surface area (TPSA) is 67.5 Å². The van der Waals surface area contributed by atoms with E-state index < -0.39 is 30.2 Å². The summed E-state index contributed by atoms with van der Waals surface area (Å²) in [6, 6.07) is 0.816. The predicted molar refractivity (Wildman–Crippen MR) is 89.8 cm³/mol. The van der Waals surface area contributed by atoms with Gasteiger partial charge in [-0.25, -0.2) is 9.07 Å². The van der Waals surface area contributed by atoms with Gasteiger partial charge in [0, 0.05) is 26.1 Å². The molecule has 12 heteroatoms. The van der Waals surface area contributed by atoms with Crippen LogP contribution < -0.4 is 10.3 Å². The van der Waals surface area contributed by atoms with E-state index in [0.29, 0.717) is 13.2 Å². The van der Waals surface area contributed by atoms with E-state index in [0.717, 1.165) is 15.3 Å². The number of ether oxygens (including phenoxy) is 3. The fourth-order valence-electron chi connectivity index (χ4n) is 2.71. The number of rotatable bonds is 6. The van der Waals surface area contributed by atoms with Gasteiger partial charge in [-0.05, 0) is 0 Å². The van der Waals surface area contributed by atoms with Crippen molar-refractivity contribution < 1.29 is 27.4 Å². The van der Waals surface area contributed by atoms with Crippen LogP contribution in [0.3, 0.4) is 0 Å². The minimum Gasteiger partial charge on any atom is -0.416 e. The van der Waals surface area contributed by atoms with Gasteiger partial charge < -0.3 is 18.8 Å². The van der Waals surface area contributed by atoms with E-state index in [9.17, 15) is 18.0 Å². The number of aromatic nitrogens is 3. The van der Waals surface area contributed by atoms with Gasteiger partial charge in [0.1, 0.15) is 21.4 Å². The third-order valence-corrected chi connectivity index (χ3v) is 4.45. The van der Waals surface area contributed by atoms with Crippen molar-refractivity contribution in [3.63, 3.8) is 0 Å². The molecule has 0 atom stereocenters. The van der Waals surface area contributed by atoms with E-state index in [4.69, 9.17) is 32.7 Å². The lowest BCUT2D eigenvalue weighted by Crippen LogP contribution is -2.26. The summed E-state index contributed by atoms with van der Waals surface area (Å²) in [5.41, 5.74) is -1.22. The van der Waals surface area contributed by atoms with Crippen LogP contribution in [-0.4, -0.2) is 40.5 Å². The van der Waals surface area contributed by atoms with E-state index in [-0.39, 0.29) is 34.4 Å². The molecular weight excluding hydrogens is 414 g/mol. The second-order valence-electron chi connectivity index (χ2n) is 5.58. The van der Waals surface area contributed by atoms with Gasteiger partial charge in [0.25, 0.3) is 5.56 Å². The average Bonchev–Trinajstić information content (AvgIpc) is 3.20. The lowest BCUT2D eigenvalue weighted by molar-refractivity contribution is -0.0552. The fourth-order valence-corrected chi connectivity index (χ4v) is 3.20. The SMILES string of the molecule is Cn1nc(-c2c(F)cc(Cl)c(=O)n2CCC2OCCO2)c(Cl)c1OC(F)F. The Morgan fingerprint density at radius 3 is 2.67 bits per heavy atom. The molecule has 0 radical (unpaired) electrons. The van der Waals surface area contributed by atoms with E-state index in [1.54, 1.807) is 0 Å². The van der Waals surface area contributed by atoms with Crippen LogP contribution >= 0.6 is 23.2 Å². The molecule has 27 heavy (non-hydrogen) atoms. The molecule has 1 fully saturated rings. The zero-order chi connectivity index (χ0) is 19.7. The summed E-state index contributed by atoms with van der Waals surface area (Å²) in [6.45, 7) is -2.35. The first kappa shape index (κ1) is 20.0. The first-order valence-corrected chi connectivity index (χ1v) is 8.55. The molecule has 0 aromatic carbocycles. The molecule has 3 heterocycles. The monoisotopic (exact) mass is 427 g/mol. The van der Waals surface area contributed by atoms with Crippen LogP contribution in [0, 0.1) is 5.82 Å². The molecule has 148 valence electrons. The predicted octanol–water partition coefficient (Wildman–Crippen LogP) is 3.06. The summed E-state index contributed by atoms with van der Waals surface area (Å²) >= 11 is 11.9. The number of pyridine rings is 1. The number of hydrogen-bond donors (Lipinski definition) is 0. The van der Waals surface area contributed by atoms with Gasteiger partial charge in [-0.1, -0.05) is 23.2 Å². The highest BCUT2D eigenvalue weighted by Crippen LogP contribution is 2.36. The molecule has 1 aliphatic heterocycles. The summed E-state index contributed by atoms with van der Waals surface area (Å²) in [5.74, 6) is -1.35. The molecule has 0 saturated carbocycles. The van der Waals surface area contributed by atoms with Gasteiger partial charge >= 0.3 is 6.61 Å². The van der Waals surface area contributed by atoms with Gasteiger partial charge in [-0.15, -0.1) is 0 Å². The Labute approximate surface area is 161 Å². The summed E-state index contributed by atoms with van der Waals surface area (Å²) < 4.78 is 56.6. The fraction of sp³-hybridized carbons (Fsp3) is 0.467. The maximum atomic E-state index is 14.7. The van der Waals surface area contributed by atoms with Crippen molar-refractivity contribution in [2.24, 2.45) is 7.05 Å². The van der Waals surface area contributed by atoms with Crippen molar-refractivity contribution in [2.75, 3.05) is 13.2 Å². The number of aryl methyl sites for hydroxylation is 1. The third kappa shape index (κ3) is 4.08. The third-order valence-electron chi connectivity index (χ3n) is 3.84. The summed E-state index contributed by atoms with van der Waals surface area (Å²) in [4.78, 5) is 12.5. The van der Waals surface area contributed by atoms with Gasteiger partial charge in [0.2, 0.25) is 5.88 Å². The van der Waals surface area contributed by atoms with Crippen LogP contribution in [0.15, 0.2) is 10.9 Å². The van der Waals surface area contributed by atoms with Crippen LogP contribution in [0.4, 0.5) is 13.2 Å². The van der Waals surface area contributed by atoms with Gasteiger partial charge in [-0.2, -0.15) is 13.9 Å². The zero-order valence-corrected chi connectivity index (χ0v) is 15.4. The van der Waals surface area contributed by atoms with Crippen LogP contribution in [0.25, 0.3) is 11.4 Å². The van der Waals surface area contributed by atoms with E-state index >= 15 is 0 Å². The maximum Gasteiger partial charge on any atom is 0.388 e. The highest BCUT2D eigenvalue weighted by Gasteiger charge is 2.27. The van der Waals surface area contributed by atoms with E-state index in [2.05, 4.69) is 9.84 Å². The summed E-state index contributed by atoms with van der Waals surface area (Å²) in [6.07, 6.45) is -0.318. The molecule has 0 spiro atoms. The highest BCUT2D eigenvalue weighted by atomic mass is 35.5. The minimum atomic E-state index is -3.15. The minimum absolute atomic E-state index is 0.0196. The molecule has 2 aromatic heterocycles. The molecule has 0 N–H and O–H groups in total. The standard InChI is InChI=1S/C15H14Cl2F3N3O4/c1-22-14(27-15(19)20)10(17)11(21-22)12-8(18)6-7(16)13(24)23(12)3-2-9-25-4-5-26-9/h6,9,15H,2-5H2,1H3. The van der Waals surface area contributed by atoms with Crippen molar-refractivity contribution in [2.45, 2.75) is 25.9 Å². The van der Waals surface area contributed by atoms with Crippen molar-refractivity contribution in [1.82, 2.24) is 14.3 Å². The Bertz CT molecular complexity index is 897. The van der Waals surface area contributed by atoms with Gasteiger partial charge in [0.15, 0.2) is 12.1 Å². The average molecular weight is 428 g/mol. The number of nitrogens with zero attached hydrogens (tertiary/aromatic N) is 3. The molecule has 3 rings (SSSR count). The van der Waals surface area contributed by atoms with E-state index in [1.807, 2.05) is 0 Å².